The first kappa shape index (κ1) is 19.4. The zero-order valence-corrected chi connectivity index (χ0v) is 17.6. The Morgan fingerprint density at radius 3 is 2.50 bits per heavy atom. The first-order chi connectivity index (χ1) is 13.3. The van der Waals surface area contributed by atoms with E-state index in [9.17, 15) is 13.2 Å². The van der Waals surface area contributed by atoms with Gasteiger partial charge < -0.3 is 5.32 Å². The molecule has 0 bridgehead atoms. The number of benzene rings is 2. The third kappa shape index (κ3) is 3.21. The maximum atomic E-state index is 13.4. The van der Waals surface area contributed by atoms with Crippen molar-refractivity contribution in [2.24, 2.45) is 0 Å². The second-order valence-electron chi connectivity index (χ2n) is 7.03. The van der Waals surface area contributed by atoms with Crippen LogP contribution in [0.2, 0.25) is 5.02 Å². The van der Waals surface area contributed by atoms with Crippen LogP contribution in [0.3, 0.4) is 0 Å². The topological polar surface area (TPSA) is 76.1 Å². The molecule has 0 saturated heterocycles. The lowest BCUT2D eigenvalue weighted by Gasteiger charge is -2.27. The third-order valence-electron chi connectivity index (χ3n) is 5.22. The first-order valence-electron chi connectivity index (χ1n) is 9.01. The highest BCUT2D eigenvalue weighted by Gasteiger charge is 2.52. The molecule has 4 rings (SSSR count). The summed E-state index contributed by atoms with van der Waals surface area (Å²) in [5, 5.41) is 4.24. The summed E-state index contributed by atoms with van der Waals surface area (Å²) < 4.78 is 26.3. The number of rotatable bonds is 4. The molecular formula is C20H19ClN2O3S2. The zero-order chi connectivity index (χ0) is 19.9. The lowest BCUT2D eigenvalue weighted by Crippen LogP contribution is -2.47. The molecule has 28 heavy (non-hydrogen) atoms. The van der Waals surface area contributed by atoms with Gasteiger partial charge in [0.25, 0.3) is 0 Å². The summed E-state index contributed by atoms with van der Waals surface area (Å²) >= 11 is 7.43. The van der Waals surface area contributed by atoms with Gasteiger partial charge in [0.1, 0.15) is 0 Å². The third-order valence-corrected chi connectivity index (χ3v) is 8.92. The second-order valence-corrected chi connectivity index (χ2v) is 11.0. The van der Waals surface area contributed by atoms with Gasteiger partial charge >= 0.3 is 0 Å². The van der Waals surface area contributed by atoms with Crippen LogP contribution in [0.1, 0.15) is 30.7 Å². The quantitative estimate of drug-likeness (QED) is 0.628. The van der Waals surface area contributed by atoms with E-state index in [1.165, 1.54) is 35.6 Å². The molecule has 1 aliphatic carbocycles. The Balaban J connectivity index is 1.69. The molecule has 146 valence electrons. The van der Waals surface area contributed by atoms with E-state index in [4.69, 9.17) is 11.6 Å². The number of nitrogens with zero attached hydrogens (tertiary/aromatic N) is 1. The monoisotopic (exact) mass is 434 g/mol. The molecule has 1 N–H and O–H groups in total. The van der Waals surface area contributed by atoms with E-state index in [-0.39, 0.29) is 4.90 Å². The fraction of sp³-hybridized carbons (Fsp3) is 0.300. The minimum absolute atomic E-state index is 0.127. The molecule has 3 aromatic rings. The van der Waals surface area contributed by atoms with Crippen LogP contribution in [0.5, 0.6) is 0 Å². The number of hydrogen-bond donors (Lipinski definition) is 1. The molecule has 0 radical (unpaired) electrons. The molecule has 0 spiro atoms. The van der Waals surface area contributed by atoms with Gasteiger partial charge in [-0.1, -0.05) is 24.4 Å². The van der Waals surface area contributed by atoms with Gasteiger partial charge in [0.05, 0.1) is 20.1 Å². The Morgan fingerprint density at radius 1 is 1.14 bits per heavy atom. The van der Waals surface area contributed by atoms with Gasteiger partial charge in [0.15, 0.2) is 14.6 Å². The molecule has 5 nitrogen and oxygen atoms in total. The van der Waals surface area contributed by atoms with Crippen molar-refractivity contribution in [1.82, 2.24) is 4.98 Å². The maximum absolute atomic E-state index is 13.4. The predicted molar refractivity (Wildman–Crippen MR) is 113 cm³/mol. The maximum Gasteiger partial charge on any atom is 0.246 e. The van der Waals surface area contributed by atoms with Crippen molar-refractivity contribution in [3.63, 3.8) is 0 Å². The fourth-order valence-corrected chi connectivity index (χ4v) is 6.83. The fourth-order valence-electron chi connectivity index (χ4n) is 3.77. The normalized spacial score (nSPS) is 16.4. The summed E-state index contributed by atoms with van der Waals surface area (Å²) in [4.78, 5) is 17.8. The number of hydrogen-bond acceptors (Lipinski definition) is 5. The lowest BCUT2D eigenvalue weighted by atomic mass is 10.1. The Bertz CT molecular complexity index is 1150. The van der Waals surface area contributed by atoms with E-state index in [1.54, 1.807) is 6.07 Å². The first-order valence-corrected chi connectivity index (χ1v) is 11.7. The van der Waals surface area contributed by atoms with Crippen molar-refractivity contribution in [3.05, 3.63) is 52.5 Å². The van der Waals surface area contributed by atoms with Crippen molar-refractivity contribution < 1.29 is 13.2 Å². The number of carbonyl (C=O) groups is 1. The molecule has 0 aliphatic heterocycles. The van der Waals surface area contributed by atoms with Crippen LogP contribution in [-0.4, -0.2) is 24.1 Å². The van der Waals surface area contributed by atoms with Crippen LogP contribution in [0.4, 0.5) is 5.69 Å². The molecule has 1 fully saturated rings. The van der Waals surface area contributed by atoms with Gasteiger partial charge in [-0.05, 0) is 62.2 Å². The highest BCUT2D eigenvalue weighted by molar-refractivity contribution is 7.93. The average Bonchev–Trinajstić information content (AvgIpc) is 3.28. The van der Waals surface area contributed by atoms with Crippen LogP contribution in [0, 0.1) is 6.92 Å². The number of thiazole rings is 1. The van der Waals surface area contributed by atoms with Crippen LogP contribution in [-0.2, 0) is 14.6 Å². The van der Waals surface area contributed by atoms with Gasteiger partial charge in [-0.3, -0.25) is 4.79 Å². The van der Waals surface area contributed by atoms with Crippen molar-refractivity contribution in [3.8, 4) is 0 Å². The molecule has 1 amide bonds. The van der Waals surface area contributed by atoms with Gasteiger partial charge in [-0.25, -0.2) is 13.4 Å². The van der Waals surface area contributed by atoms with E-state index in [1.807, 2.05) is 19.1 Å². The lowest BCUT2D eigenvalue weighted by molar-refractivity contribution is -0.118. The molecular weight excluding hydrogens is 416 g/mol. The van der Waals surface area contributed by atoms with E-state index in [0.29, 0.717) is 36.4 Å². The number of aryl methyl sites for hydroxylation is 1. The molecule has 2 aromatic carbocycles. The average molecular weight is 435 g/mol. The summed E-state index contributed by atoms with van der Waals surface area (Å²) in [5.41, 5.74) is 1.45. The minimum atomic E-state index is -3.86. The number of carbonyl (C=O) groups excluding carboxylic acids is 1. The van der Waals surface area contributed by atoms with Crippen molar-refractivity contribution in [1.29, 1.82) is 0 Å². The van der Waals surface area contributed by atoms with E-state index >= 15 is 0 Å². The standard InChI is InChI=1S/C20H19ClN2O3S2/c1-13-22-17-9-6-15(12-18(17)27-13)23-19(24)20(10-2-3-11-20)28(25,26)16-7-4-14(21)5-8-16/h4-9,12H,2-3,10-11H2,1H3,(H,23,24). The summed E-state index contributed by atoms with van der Waals surface area (Å²) in [6, 6.07) is 11.5. The van der Waals surface area contributed by atoms with E-state index in [2.05, 4.69) is 10.3 Å². The van der Waals surface area contributed by atoms with E-state index < -0.39 is 20.5 Å². The highest BCUT2D eigenvalue weighted by atomic mass is 35.5. The van der Waals surface area contributed by atoms with Crippen LogP contribution in [0.15, 0.2) is 47.4 Å². The summed E-state index contributed by atoms with van der Waals surface area (Å²) in [5.74, 6) is -0.472. The van der Waals surface area contributed by atoms with Crippen molar-refractivity contribution >= 4 is 54.6 Å². The molecule has 0 atom stereocenters. The molecule has 1 heterocycles. The Labute approximate surface area is 172 Å². The molecule has 8 heteroatoms. The van der Waals surface area contributed by atoms with Gasteiger partial charge in [0.2, 0.25) is 5.91 Å². The van der Waals surface area contributed by atoms with Gasteiger partial charge in [-0.15, -0.1) is 11.3 Å². The summed E-state index contributed by atoms with van der Waals surface area (Å²) in [6.07, 6.45) is 2.03. The highest BCUT2D eigenvalue weighted by Crippen LogP contribution is 2.41. The predicted octanol–water partition coefficient (Wildman–Crippen LogP) is 4.98. The second kappa shape index (κ2) is 7.13. The number of fused-ring (bicyclic) bond motifs is 1. The molecule has 1 saturated carbocycles. The van der Waals surface area contributed by atoms with Gasteiger partial charge in [0, 0.05) is 10.7 Å². The van der Waals surface area contributed by atoms with Crippen LogP contribution < -0.4 is 5.32 Å². The largest absolute Gasteiger partial charge is 0.325 e. The number of anilines is 1. The Kier molecular flexibility index (Phi) is 4.93. The number of amides is 1. The SMILES string of the molecule is Cc1nc2ccc(NC(=O)C3(S(=O)(=O)c4ccc(Cl)cc4)CCCC3)cc2s1. The smallest absolute Gasteiger partial charge is 0.246 e. The van der Waals surface area contributed by atoms with Crippen LogP contribution in [0.25, 0.3) is 10.2 Å². The van der Waals surface area contributed by atoms with Crippen molar-refractivity contribution in [2.45, 2.75) is 42.2 Å². The summed E-state index contributed by atoms with van der Waals surface area (Å²) in [6.45, 7) is 1.93. The zero-order valence-electron chi connectivity index (χ0n) is 15.2. The Hall–Kier alpha value is -1.96. The number of halogens is 1. The van der Waals surface area contributed by atoms with E-state index in [0.717, 1.165) is 15.2 Å². The summed E-state index contributed by atoms with van der Waals surface area (Å²) in [7, 11) is -3.86. The van der Waals surface area contributed by atoms with Crippen LogP contribution >= 0.6 is 22.9 Å². The van der Waals surface area contributed by atoms with Gasteiger partial charge in [-0.2, -0.15) is 0 Å². The minimum Gasteiger partial charge on any atom is -0.325 e. The number of nitrogens with one attached hydrogen (secondary N) is 1. The number of sulfone groups is 1. The molecule has 1 aromatic heterocycles. The molecule has 1 aliphatic rings. The van der Waals surface area contributed by atoms with Crippen molar-refractivity contribution in [2.75, 3.05) is 5.32 Å². The molecule has 0 unspecified atom stereocenters. The Morgan fingerprint density at radius 2 is 1.82 bits per heavy atom. The number of aromatic nitrogens is 1.